The lowest BCUT2D eigenvalue weighted by Gasteiger charge is -2.05. The zero-order chi connectivity index (χ0) is 10.3. The molecule has 0 unspecified atom stereocenters. The van der Waals surface area contributed by atoms with Crippen LogP contribution in [0.25, 0.3) is 10.9 Å². The van der Waals surface area contributed by atoms with Gasteiger partial charge < -0.3 is 0 Å². The largest absolute Gasteiger partial charge is 0.434 e. The minimum absolute atomic E-state index is 0.0417. The van der Waals surface area contributed by atoms with Gasteiger partial charge >= 0.3 is 6.18 Å². The third-order valence-electron chi connectivity index (χ3n) is 1.69. The number of fused-ring (bicyclic) bond motifs is 1. The van der Waals surface area contributed by atoms with Crippen molar-refractivity contribution < 1.29 is 13.2 Å². The van der Waals surface area contributed by atoms with Crippen LogP contribution in [0.2, 0.25) is 0 Å². The Labute approximate surface area is 84.5 Å². The van der Waals surface area contributed by atoms with Crippen molar-refractivity contribution in [3.63, 3.8) is 0 Å². The summed E-state index contributed by atoms with van der Waals surface area (Å²) in [6, 6.07) is 1.41. The van der Waals surface area contributed by atoms with Gasteiger partial charge in [-0.15, -0.1) is 0 Å². The molecule has 3 nitrogen and oxygen atoms in total. The number of alkyl halides is 3. The molecular weight excluding hydrogens is 263 g/mol. The number of aromatic amines is 1. The minimum Gasteiger partial charge on any atom is -0.270 e. The summed E-state index contributed by atoms with van der Waals surface area (Å²) in [6.07, 6.45) is -3.38. The number of hydrogen-bond acceptors (Lipinski definition) is 2. The molecule has 0 amide bonds. The fourth-order valence-electron chi connectivity index (χ4n) is 1.14. The first kappa shape index (κ1) is 9.45. The number of rotatable bonds is 0. The second-order valence-corrected chi connectivity index (χ2v) is 3.38. The molecule has 0 saturated carbocycles. The highest BCUT2D eigenvalue weighted by Gasteiger charge is 2.35. The van der Waals surface area contributed by atoms with Gasteiger partial charge in [0.15, 0.2) is 5.69 Å². The second kappa shape index (κ2) is 2.94. The molecule has 2 heterocycles. The summed E-state index contributed by atoms with van der Waals surface area (Å²) in [5.74, 6) is 0. The van der Waals surface area contributed by atoms with Crippen LogP contribution in [0.3, 0.4) is 0 Å². The first-order valence-corrected chi connectivity index (χ1v) is 4.35. The van der Waals surface area contributed by atoms with Crippen molar-refractivity contribution in [1.82, 2.24) is 15.2 Å². The highest BCUT2D eigenvalue weighted by Crippen LogP contribution is 2.35. The number of nitrogens with one attached hydrogen (secondary N) is 1. The summed E-state index contributed by atoms with van der Waals surface area (Å²) in [7, 11) is 0. The molecule has 1 N–H and O–H groups in total. The Morgan fingerprint density at radius 1 is 1.36 bits per heavy atom. The molecule has 2 aromatic heterocycles. The van der Waals surface area contributed by atoms with Crippen LogP contribution in [0.5, 0.6) is 0 Å². The van der Waals surface area contributed by atoms with Gasteiger partial charge in [0, 0.05) is 6.20 Å². The van der Waals surface area contributed by atoms with Crippen molar-refractivity contribution in [2.75, 3.05) is 0 Å². The van der Waals surface area contributed by atoms with Crippen molar-refractivity contribution in [2.45, 2.75) is 6.18 Å². The van der Waals surface area contributed by atoms with E-state index < -0.39 is 11.9 Å². The topological polar surface area (TPSA) is 41.6 Å². The zero-order valence-electron chi connectivity index (χ0n) is 6.56. The third-order valence-corrected chi connectivity index (χ3v) is 2.27. The Bertz CT molecular complexity index is 476. The van der Waals surface area contributed by atoms with Crippen molar-refractivity contribution in [3.8, 4) is 0 Å². The number of halogens is 4. The van der Waals surface area contributed by atoms with Gasteiger partial charge in [-0.25, -0.2) is 0 Å². The van der Waals surface area contributed by atoms with Crippen LogP contribution >= 0.6 is 15.9 Å². The number of pyridine rings is 1. The molecular formula is C7H3BrF3N3. The van der Waals surface area contributed by atoms with E-state index in [1.165, 1.54) is 6.07 Å². The maximum absolute atomic E-state index is 12.5. The zero-order valence-corrected chi connectivity index (χ0v) is 8.15. The fraction of sp³-hybridized carbons (Fsp3) is 0.143. The Hall–Kier alpha value is -1.11. The molecule has 0 radical (unpaired) electrons. The molecule has 0 spiro atoms. The number of H-pyrrole nitrogens is 1. The molecule has 0 aliphatic carbocycles. The van der Waals surface area contributed by atoms with E-state index in [9.17, 15) is 13.2 Å². The molecule has 0 fully saturated rings. The predicted molar refractivity (Wildman–Crippen MR) is 46.6 cm³/mol. The van der Waals surface area contributed by atoms with Gasteiger partial charge in [0.25, 0.3) is 0 Å². The van der Waals surface area contributed by atoms with Gasteiger partial charge in [0.05, 0.1) is 10.9 Å². The number of hydrogen-bond donors (Lipinski definition) is 1. The highest BCUT2D eigenvalue weighted by atomic mass is 79.9. The third kappa shape index (κ3) is 1.37. The minimum atomic E-state index is -4.47. The molecule has 74 valence electrons. The SMILES string of the molecule is FC(F)(F)c1nccc2n[nH]c(Br)c12. The Morgan fingerprint density at radius 2 is 2.07 bits per heavy atom. The first-order chi connectivity index (χ1) is 6.50. The van der Waals surface area contributed by atoms with Crippen LogP contribution in [-0.4, -0.2) is 15.2 Å². The average Bonchev–Trinajstić information content (AvgIpc) is 2.46. The van der Waals surface area contributed by atoms with E-state index in [1.54, 1.807) is 0 Å². The monoisotopic (exact) mass is 265 g/mol. The van der Waals surface area contributed by atoms with Crippen molar-refractivity contribution >= 4 is 26.8 Å². The quantitative estimate of drug-likeness (QED) is 0.796. The maximum atomic E-state index is 12.5. The Kier molecular flexibility index (Phi) is 1.99. The number of nitrogens with zero attached hydrogens (tertiary/aromatic N) is 2. The first-order valence-electron chi connectivity index (χ1n) is 3.56. The van der Waals surface area contributed by atoms with Crippen LogP contribution in [0.4, 0.5) is 13.2 Å². The summed E-state index contributed by atoms with van der Waals surface area (Å²) in [4.78, 5) is 3.30. The molecule has 0 bridgehead atoms. The lowest BCUT2D eigenvalue weighted by Crippen LogP contribution is -2.08. The average molecular weight is 266 g/mol. The molecule has 0 aliphatic rings. The predicted octanol–water partition coefficient (Wildman–Crippen LogP) is 2.74. The van der Waals surface area contributed by atoms with Gasteiger partial charge in [-0.1, -0.05) is 0 Å². The maximum Gasteiger partial charge on any atom is 0.434 e. The standard InChI is InChI=1S/C7H3BrF3N3/c8-6-4-3(13-14-6)1-2-12-5(4)7(9,10)11/h1-2H,(H,13,14). The molecule has 0 aromatic carbocycles. The van der Waals surface area contributed by atoms with Crippen LogP contribution in [0.1, 0.15) is 5.69 Å². The Balaban J connectivity index is 2.82. The van der Waals surface area contributed by atoms with Crippen LogP contribution in [-0.2, 0) is 6.18 Å². The van der Waals surface area contributed by atoms with Gasteiger partial charge in [0.2, 0.25) is 0 Å². The van der Waals surface area contributed by atoms with Crippen molar-refractivity contribution in [1.29, 1.82) is 0 Å². The summed E-state index contributed by atoms with van der Waals surface area (Å²) in [5.41, 5.74) is -0.699. The Morgan fingerprint density at radius 3 is 2.71 bits per heavy atom. The van der Waals surface area contributed by atoms with E-state index in [1.807, 2.05) is 0 Å². The molecule has 0 atom stereocenters. The second-order valence-electron chi connectivity index (χ2n) is 2.59. The van der Waals surface area contributed by atoms with Gasteiger partial charge in [-0.2, -0.15) is 18.3 Å². The summed E-state index contributed by atoms with van der Waals surface area (Å²) in [6.45, 7) is 0. The summed E-state index contributed by atoms with van der Waals surface area (Å²) >= 11 is 2.95. The normalized spacial score (nSPS) is 12.3. The van der Waals surface area contributed by atoms with E-state index in [0.29, 0.717) is 0 Å². The van der Waals surface area contributed by atoms with Crippen LogP contribution in [0, 0.1) is 0 Å². The van der Waals surface area contributed by atoms with Crippen LogP contribution in [0.15, 0.2) is 16.9 Å². The van der Waals surface area contributed by atoms with Crippen molar-refractivity contribution in [3.05, 3.63) is 22.6 Å². The fourth-order valence-corrected chi connectivity index (χ4v) is 1.62. The molecule has 0 saturated heterocycles. The number of aromatic nitrogens is 3. The summed E-state index contributed by atoms with van der Waals surface area (Å²) < 4.78 is 37.5. The van der Waals surface area contributed by atoms with Crippen LogP contribution < -0.4 is 0 Å². The highest BCUT2D eigenvalue weighted by molar-refractivity contribution is 9.10. The molecule has 2 aromatic rings. The smallest absolute Gasteiger partial charge is 0.270 e. The van der Waals surface area contributed by atoms with E-state index in [0.717, 1.165) is 6.20 Å². The molecule has 0 aliphatic heterocycles. The lowest BCUT2D eigenvalue weighted by atomic mass is 10.2. The van der Waals surface area contributed by atoms with E-state index in [2.05, 4.69) is 31.1 Å². The summed E-state index contributed by atoms with van der Waals surface area (Å²) in [5, 5.41) is 6.05. The van der Waals surface area contributed by atoms with E-state index >= 15 is 0 Å². The molecule has 14 heavy (non-hydrogen) atoms. The molecule has 7 heteroatoms. The van der Waals surface area contributed by atoms with Gasteiger partial charge in [-0.05, 0) is 22.0 Å². The van der Waals surface area contributed by atoms with Crippen molar-refractivity contribution in [2.24, 2.45) is 0 Å². The van der Waals surface area contributed by atoms with E-state index in [4.69, 9.17) is 0 Å². The van der Waals surface area contributed by atoms with E-state index in [-0.39, 0.29) is 15.5 Å². The van der Waals surface area contributed by atoms with Gasteiger partial charge in [0.1, 0.15) is 4.60 Å². The molecule has 2 rings (SSSR count). The van der Waals surface area contributed by atoms with Gasteiger partial charge in [-0.3, -0.25) is 10.1 Å². The lowest BCUT2D eigenvalue weighted by molar-refractivity contribution is -0.139.